The number of para-hydroxylation sites is 2. The zero-order chi connectivity index (χ0) is 17.4. The van der Waals surface area contributed by atoms with Gasteiger partial charge in [-0.3, -0.25) is 24.7 Å². The van der Waals surface area contributed by atoms with E-state index in [1.165, 1.54) is 6.07 Å². The molecule has 8 nitrogen and oxygen atoms in total. The smallest absolute Gasteiger partial charge is 0.310 e. The molecular formula is C16H24N4O4. The SMILES string of the molecule is CCNC(=O)CN1CCN(CCOc2ccccc2[N+](=O)[O-])CC1. The molecule has 1 heterocycles. The molecule has 1 amide bonds. The summed E-state index contributed by atoms with van der Waals surface area (Å²) in [6, 6.07) is 6.40. The summed E-state index contributed by atoms with van der Waals surface area (Å²) in [4.78, 5) is 26.4. The molecule has 0 unspecified atom stereocenters. The lowest BCUT2D eigenvalue weighted by molar-refractivity contribution is -0.385. The first-order chi connectivity index (χ1) is 11.6. The number of likely N-dealkylation sites (N-methyl/N-ethyl adjacent to an activating group) is 1. The second kappa shape index (κ2) is 9.19. The molecule has 24 heavy (non-hydrogen) atoms. The average molecular weight is 336 g/mol. The van der Waals surface area contributed by atoms with Gasteiger partial charge in [0.25, 0.3) is 0 Å². The van der Waals surface area contributed by atoms with Crippen LogP contribution in [0.4, 0.5) is 5.69 Å². The number of nitro groups is 1. The highest BCUT2D eigenvalue weighted by Crippen LogP contribution is 2.25. The Hall–Kier alpha value is -2.19. The number of hydrogen-bond donors (Lipinski definition) is 1. The quantitative estimate of drug-likeness (QED) is 0.556. The van der Waals surface area contributed by atoms with Gasteiger partial charge in [-0.2, -0.15) is 0 Å². The van der Waals surface area contributed by atoms with Crippen LogP contribution < -0.4 is 10.1 Å². The van der Waals surface area contributed by atoms with Gasteiger partial charge in [-0.25, -0.2) is 0 Å². The van der Waals surface area contributed by atoms with Gasteiger partial charge in [0.2, 0.25) is 5.91 Å². The van der Waals surface area contributed by atoms with Crippen molar-refractivity contribution in [3.8, 4) is 5.75 Å². The van der Waals surface area contributed by atoms with Crippen LogP contribution in [0.2, 0.25) is 0 Å². The van der Waals surface area contributed by atoms with E-state index in [1.54, 1.807) is 18.2 Å². The number of nitrogens with zero attached hydrogens (tertiary/aromatic N) is 3. The van der Waals surface area contributed by atoms with Crippen LogP contribution in [-0.4, -0.2) is 73.1 Å². The highest BCUT2D eigenvalue weighted by Gasteiger charge is 2.19. The van der Waals surface area contributed by atoms with Crippen molar-refractivity contribution in [1.29, 1.82) is 0 Å². The van der Waals surface area contributed by atoms with E-state index in [1.807, 2.05) is 6.92 Å². The molecule has 0 atom stereocenters. The van der Waals surface area contributed by atoms with Crippen molar-refractivity contribution in [2.75, 3.05) is 52.4 Å². The van der Waals surface area contributed by atoms with E-state index in [2.05, 4.69) is 15.1 Å². The van der Waals surface area contributed by atoms with Gasteiger partial charge in [-0.05, 0) is 13.0 Å². The number of rotatable bonds is 8. The van der Waals surface area contributed by atoms with Crippen LogP contribution in [-0.2, 0) is 4.79 Å². The van der Waals surface area contributed by atoms with Gasteiger partial charge in [0.05, 0.1) is 11.5 Å². The molecule has 0 aliphatic carbocycles. The van der Waals surface area contributed by atoms with Gasteiger partial charge in [0.1, 0.15) is 6.61 Å². The van der Waals surface area contributed by atoms with Crippen molar-refractivity contribution < 1.29 is 14.5 Å². The van der Waals surface area contributed by atoms with Crippen molar-refractivity contribution in [2.24, 2.45) is 0 Å². The lowest BCUT2D eigenvalue weighted by atomic mass is 10.3. The lowest BCUT2D eigenvalue weighted by Gasteiger charge is -2.34. The predicted octanol–water partition coefficient (Wildman–Crippen LogP) is 0.727. The van der Waals surface area contributed by atoms with E-state index >= 15 is 0 Å². The van der Waals surface area contributed by atoms with Crippen LogP contribution in [0.5, 0.6) is 5.75 Å². The molecule has 0 radical (unpaired) electrons. The summed E-state index contributed by atoms with van der Waals surface area (Å²) in [6.07, 6.45) is 0. The normalized spacial score (nSPS) is 15.9. The van der Waals surface area contributed by atoms with Gasteiger partial charge in [-0.1, -0.05) is 12.1 Å². The monoisotopic (exact) mass is 336 g/mol. The third kappa shape index (κ3) is 5.47. The zero-order valence-corrected chi connectivity index (χ0v) is 13.9. The Balaban J connectivity index is 1.70. The highest BCUT2D eigenvalue weighted by atomic mass is 16.6. The van der Waals surface area contributed by atoms with E-state index < -0.39 is 4.92 Å². The first-order valence-corrected chi connectivity index (χ1v) is 8.17. The largest absolute Gasteiger partial charge is 0.485 e. The molecule has 1 saturated heterocycles. The van der Waals surface area contributed by atoms with E-state index in [0.717, 1.165) is 26.2 Å². The Morgan fingerprint density at radius 3 is 2.58 bits per heavy atom. The number of nitrogens with one attached hydrogen (secondary N) is 1. The second-order valence-corrected chi connectivity index (χ2v) is 5.64. The molecule has 2 rings (SSSR count). The molecule has 1 aliphatic heterocycles. The topological polar surface area (TPSA) is 88.0 Å². The second-order valence-electron chi connectivity index (χ2n) is 5.64. The molecule has 0 spiro atoms. The van der Waals surface area contributed by atoms with Crippen molar-refractivity contribution in [1.82, 2.24) is 15.1 Å². The Kier molecular flexibility index (Phi) is 6.95. The van der Waals surface area contributed by atoms with Crippen molar-refractivity contribution in [2.45, 2.75) is 6.92 Å². The molecule has 1 N–H and O–H groups in total. The third-order valence-electron chi connectivity index (χ3n) is 3.93. The Morgan fingerprint density at radius 2 is 1.92 bits per heavy atom. The van der Waals surface area contributed by atoms with Gasteiger partial charge in [0, 0.05) is 45.3 Å². The minimum atomic E-state index is -0.435. The minimum Gasteiger partial charge on any atom is -0.485 e. The van der Waals surface area contributed by atoms with E-state index in [9.17, 15) is 14.9 Å². The van der Waals surface area contributed by atoms with E-state index in [-0.39, 0.29) is 11.6 Å². The molecule has 1 aromatic carbocycles. The molecule has 0 saturated carbocycles. The maximum absolute atomic E-state index is 11.6. The van der Waals surface area contributed by atoms with E-state index in [4.69, 9.17) is 4.74 Å². The Bertz CT molecular complexity index is 559. The van der Waals surface area contributed by atoms with Crippen LogP contribution in [0, 0.1) is 10.1 Å². The fraction of sp³-hybridized carbons (Fsp3) is 0.562. The first kappa shape index (κ1) is 18.2. The minimum absolute atomic E-state index is 0.00995. The molecule has 1 aromatic rings. The van der Waals surface area contributed by atoms with Crippen molar-refractivity contribution in [3.63, 3.8) is 0 Å². The highest BCUT2D eigenvalue weighted by molar-refractivity contribution is 5.77. The van der Waals surface area contributed by atoms with Crippen LogP contribution in [0.25, 0.3) is 0 Å². The number of piperazine rings is 1. The van der Waals surface area contributed by atoms with Crippen LogP contribution >= 0.6 is 0 Å². The van der Waals surface area contributed by atoms with Crippen LogP contribution in [0.15, 0.2) is 24.3 Å². The zero-order valence-electron chi connectivity index (χ0n) is 13.9. The fourth-order valence-corrected chi connectivity index (χ4v) is 2.64. The number of nitro benzene ring substituents is 1. The standard InChI is InChI=1S/C16H24N4O4/c1-2-17-16(21)13-19-9-7-18(8-10-19)11-12-24-15-6-4-3-5-14(15)20(22)23/h3-6H,2,7-13H2,1H3,(H,17,21). The third-order valence-corrected chi connectivity index (χ3v) is 3.93. The van der Waals surface area contributed by atoms with Crippen LogP contribution in [0.1, 0.15) is 6.92 Å². The molecule has 8 heteroatoms. The summed E-state index contributed by atoms with van der Waals surface area (Å²) in [7, 11) is 0. The summed E-state index contributed by atoms with van der Waals surface area (Å²) < 4.78 is 5.56. The fourth-order valence-electron chi connectivity index (χ4n) is 2.64. The van der Waals surface area contributed by atoms with Crippen molar-refractivity contribution in [3.05, 3.63) is 34.4 Å². The number of benzene rings is 1. The van der Waals surface area contributed by atoms with Gasteiger partial charge in [0.15, 0.2) is 5.75 Å². The predicted molar refractivity (Wildman–Crippen MR) is 90.2 cm³/mol. The lowest BCUT2D eigenvalue weighted by Crippen LogP contribution is -2.50. The number of carbonyl (C=O) groups is 1. The summed E-state index contributed by atoms with van der Waals surface area (Å²) in [5.41, 5.74) is -0.00995. The molecule has 132 valence electrons. The maximum atomic E-state index is 11.6. The molecular weight excluding hydrogens is 312 g/mol. The maximum Gasteiger partial charge on any atom is 0.310 e. The van der Waals surface area contributed by atoms with Gasteiger partial charge < -0.3 is 10.1 Å². The number of hydrogen-bond acceptors (Lipinski definition) is 6. The number of amides is 1. The summed E-state index contributed by atoms with van der Waals surface area (Å²) >= 11 is 0. The molecule has 1 aliphatic rings. The molecule has 0 bridgehead atoms. The van der Waals surface area contributed by atoms with Crippen LogP contribution in [0.3, 0.4) is 0 Å². The van der Waals surface area contributed by atoms with Crippen molar-refractivity contribution >= 4 is 11.6 Å². The summed E-state index contributed by atoms with van der Waals surface area (Å²) in [5, 5.41) is 13.7. The average Bonchev–Trinajstić information content (AvgIpc) is 2.57. The number of ether oxygens (including phenoxy) is 1. The van der Waals surface area contributed by atoms with Gasteiger partial charge in [-0.15, -0.1) is 0 Å². The number of carbonyl (C=O) groups excluding carboxylic acids is 1. The molecule has 1 fully saturated rings. The van der Waals surface area contributed by atoms with E-state index in [0.29, 0.717) is 32.0 Å². The Morgan fingerprint density at radius 1 is 1.25 bits per heavy atom. The first-order valence-electron chi connectivity index (χ1n) is 8.17. The molecule has 0 aromatic heterocycles. The summed E-state index contributed by atoms with van der Waals surface area (Å²) in [6.45, 7) is 7.51. The van der Waals surface area contributed by atoms with Gasteiger partial charge >= 0.3 is 5.69 Å². The Labute approximate surface area is 141 Å². The summed E-state index contributed by atoms with van der Waals surface area (Å²) in [5.74, 6) is 0.364.